The van der Waals surface area contributed by atoms with Crippen LogP contribution in [0.2, 0.25) is 0 Å². The van der Waals surface area contributed by atoms with Crippen molar-refractivity contribution in [2.24, 2.45) is 11.8 Å². The Kier molecular flexibility index (Phi) is 10.2. The van der Waals surface area contributed by atoms with Gasteiger partial charge in [0.25, 0.3) is 0 Å². The molecular weight excluding hydrogens is 422 g/mol. The van der Waals surface area contributed by atoms with Gasteiger partial charge in [-0.25, -0.2) is 14.8 Å². The van der Waals surface area contributed by atoms with Crippen LogP contribution in [0.15, 0.2) is 6.07 Å². The van der Waals surface area contributed by atoms with Gasteiger partial charge in [0.15, 0.2) is 0 Å². The summed E-state index contributed by atoms with van der Waals surface area (Å²) in [5.74, 6) is -0.747. The number of carbonyl (C=O) groups is 3. The van der Waals surface area contributed by atoms with E-state index in [1.807, 2.05) is 26.8 Å². The molecular formula is C24H39N5O4. The van der Waals surface area contributed by atoms with E-state index >= 15 is 0 Å². The summed E-state index contributed by atoms with van der Waals surface area (Å²) in [6.07, 6.45) is 3.07. The molecule has 0 radical (unpaired) electrons. The molecule has 0 unspecified atom stereocenters. The Balaban J connectivity index is 2.00. The van der Waals surface area contributed by atoms with Gasteiger partial charge in [0.2, 0.25) is 11.8 Å². The number of aromatic nitrogens is 2. The molecule has 184 valence electrons. The number of piperidine rings is 1. The maximum atomic E-state index is 12.8. The van der Waals surface area contributed by atoms with Crippen LogP contribution in [0.5, 0.6) is 0 Å². The molecule has 1 aliphatic heterocycles. The number of rotatable bonds is 11. The van der Waals surface area contributed by atoms with Crippen LogP contribution in [-0.2, 0) is 20.8 Å². The molecule has 1 aliphatic rings. The van der Waals surface area contributed by atoms with E-state index in [4.69, 9.17) is 4.98 Å². The van der Waals surface area contributed by atoms with Crippen molar-refractivity contribution < 1.29 is 19.5 Å². The van der Waals surface area contributed by atoms with Crippen LogP contribution in [0, 0.1) is 18.8 Å². The second kappa shape index (κ2) is 12.6. The van der Waals surface area contributed by atoms with Crippen LogP contribution in [0.4, 0.5) is 0 Å². The second-order valence-electron chi connectivity index (χ2n) is 9.70. The van der Waals surface area contributed by atoms with E-state index in [9.17, 15) is 19.5 Å². The lowest BCUT2D eigenvalue weighted by Gasteiger charge is -2.24. The van der Waals surface area contributed by atoms with E-state index in [2.05, 4.69) is 20.9 Å². The standard InChI is InChI=1S/C24H39N5O4/c1-14(2)12-19(23(31)29-21(15(3)4)24(32)33)28-20(30)7-6-18-13-16(5)26-22(27-18)17-8-10-25-11-9-17/h13-15,17,19,21,25H,6-12H2,1-5H3,(H,28,30)(H,29,31)(H,32,33)/t19-,21-/m0/s1. The van der Waals surface area contributed by atoms with Crippen molar-refractivity contribution in [1.29, 1.82) is 0 Å². The first-order chi connectivity index (χ1) is 15.6. The third kappa shape index (κ3) is 8.72. The molecule has 0 saturated carbocycles. The molecule has 4 N–H and O–H groups in total. The minimum absolute atomic E-state index is 0.153. The number of amides is 2. The average molecular weight is 462 g/mol. The lowest BCUT2D eigenvalue weighted by molar-refractivity contribution is -0.143. The molecule has 1 aromatic rings. The number of aliphatic carboxylic acids is 1. The highest BCUT2D eigenvalue weighted by Crippen LogP contribution is 2.22. The maximum absolute atomic E-state index is 12.8. The van der Waals surface area contributed by atoms with Gasteiger partial charge in [-0.3, -0.25) is 9.59 Å². The molecule has 2 atom stereocenters. The molecule has 2 heterocycles. The summed E-state index contributed by atoms with van der Waals surface area (Å²) in [5, 5.41) is 18.1. The highest BCUT2D eigenvalue weighted by Gasteiger charge is 2.29. The van der Waals surface area contributed by atoms with E-state index in [0.717, 1.165) is 43.1 Å². The molecule has 2 amide bonds. The first-order valence-electron chi connectivity index (χ1n) is 11.9. The summed E-state index contributed by atoms with van der Waals surface area (Å²) in [6.45, 7) is 11.2. The van der Waals surface area contributed by atoms with Crippen molar-refractivity contribution >= 4 is 17.8 Å². The number of hydrogen-bond acceptors (Lipinski definition) is 6. The van der Waals surface area contributed by atoms with Gasteiger partial charge in [0.1, 0.15) is 17.9 Å². The number of carboxylic acids is 1. The maximum Gasteiger partial charge on any atom is 0.326 e. The van der Waals surface area contributed by atoms with Crippen molar-refractivity contribution in [2.75, 3.05) is 13.1 Å². The molecule has 2 rings (SSSR count). The van der Waals surface area contributed by atoms with Gasteiger partial charge in [0, 0.05) is 23.7 Å². The number of hydrogen-bond donors (Lipinski definition) is 4. The summed E-state index contributed by atoms with van der Waals surface area (Å²) in [7, 11) is 0. The SMILES string of the molecule is Cc1cc(CCC(=O)N[C@@H](CC(C)C)C(=O)N[C@H](C(=O)O)C(C)C)nc(C2CCNCC2)n1. The first kappa shape index (κ1) is 26.7. The van der Waals surface area contributed by atoms with E-state index < -0.39 is 24.0 Å². The summed E-state index contributed by atoms with van der Waals surface area (Å²) < 4.78 is 0. The fraction of sp³-hybridized carbons (Fsp3) is 0.708. The molecule has 0 bridgehead atoms. The fourth-order valence-electron chi connectivity index (χ4n) is 4.03. The highest BCUT2D eigenvalue weighted by molar-refractivity contribution is 5.90. The number of aryl methyl sites for hydroxylation is 2. The molecule has 0 spiro atoms. The van der Waals surface area contributed by atoms with Crippen LogP contribution < -0.4 is 16.0 Å². The van der Waals surface area contributed by atoms with Crippen LogP contribution in [-0.4, -0.2) is 58.0 Å². The number of nitrogens with zero attached hydrogens (tertiary/aromatic N) is 2. The summed E-state index contributed by atoms with van der Waals surface area (Å²) in [6, 6.07) is 0.119. The zero-order valence-corrected chi connectivity index (χ0v) is 20.5. The third-order valence-electron chi connectivity index (χ3n) is 5.83. The van der Waals surface area contributed by atoms with E-state index in [1.54, 1.807) is 13.8 Å². The Morgan fingerprint density at radius 1 is 1.12 bits per heavy atom. The van der Waals surface area contributed by atoms with Gasteiger partial charge >= 0.3 is 5.97 Å². The fourth-order valence-corrected chi connectivity index (χ4v) is 4.03. The van der Waals surface area contributed by atoms with Gasteiger partial charge < -0.3 is 21.1 Å². The topological polar surface area (TPSA) is 133 Å². The smallest absolute Gasteiger partial charge is 0.326 e. The quantitative estimate of drug-likeness (QED) is 0.396. The zero-order valence-electron chi connectivity index (χ0n) is 20.5. The summed E-state index contributed by atoms with van der Waals surface area (Å²) >= 11 is 0. The number of nitrogens with one attached hydrogen (secondary N) is 3. The van der Waals surface area contributed by atoms with Gasteiger partial charge in [-0.15, -0.1) is 0 Å². The Bertz CT molecular complexity index is 821. The minimum atomic E-state index is -1.09. The predicted octanol–water partition coefficient (Wildman–Crippen LogP) is 1.94. The van der Waals surface area contributed by atoms with Crippen LogP contribution in [0.25, 0.3) is 0 Å². The molecule has 33 heavy (non-hydrogen) atoms. The molecule has 9 nitrogen and oxygen atoms in total. The number of carbonyl (C=O) groups excluding carboxylic acids is 2. The molecule has 0 aliphatic carbocycles. The minimum Gasteiger partial charge on any atom is -0.480 e. The Hall–Kier alpha value is -2.55. The molecule has 1 fully saturated rings. The van der Waals surface area contributed by atoms with Crippen molar-refractivity contribution in [1.82, 2.24) is 25.9 Å². The lowest BCUT2D eigenvalue weighted by atomic mass is 9.97. The van der Waals surface area contributed by atoms with Crippen LogP contribution in [0.1, 0.15) is 76.5 Å². The third-order valence-corrected chi connectivity index (χ3v) is 5.83. The predicted molar refractivity (Wildman–Crippen MR) is 126 cm³/mol. The largest absolute Gasteiger partial charge is 0.480 e. The monoisotopic (exact) mass is 461 g/mol. The Morgan fingerprint density at radius 3 is 2.36 bits per heavy atom. The first-order valence-corrected chi connectivity index (χ1v) is 11.9. The summed E-state index contributed by atoms with van der Waals surface area (Å²) in [4.78, 5) is 46.2. The van der Waals surface area contributed by atoms with E-state index in [0.29, 0.717) is 18.8 Å². The second-order valence-corrected chi connectivity index (χ2v) is 9.70. The lowest BCUT2D eigenvalue weighted by Crippen LogP contribution is -2.53. The van der Waals surface area contributed by atoms with Gasteiger partial charge in [-0.2, -0.15) is 0 Å². The molecule has 1 aromatic heterocycles. The number of carboxylic acid groups (broad SMARTS) is 1. The van der Waals surface area contributed by atoms with Crippen molar-refractivity contribution in [3.63, 3.8) is 0 Å². The highest BCUT2D eigenvalue weighted by atomic mass is 16.4. The van der Waals surface area contributed by atoms with Crippen molar-refractivity contribution in [3.8, 4) is 0 Å². The zero-order chi connectivity index (χ0) is 24.5. The normalized spacial score (nSPS) is 16.5. The van der Waals surface area contributed by atoms with Gasteiger partial charge in [-0.05, 0) is 63.6 Å². The van der Waals surface area contributed by atoms with Gasteiger partial charge in [0.05, 0.1) is 0 Å². The average Bonchev–Trinajstić information content (AvgIpc) is 2.75. The van der Waals surface area contributed by atoms with Crippen LogP contribution >= 0.6 is 0 Å². The van der Waals surface area contributed by atoms with E-state index in [-0.39, 0.29) is 24.2 Å². The Morgan fingerprint density at radius 2 is 1.79 bits per heavy atom. The van der Waals surface area contributed by atoms with Gasteiger partial charge in [-0.1, -0.05) is 27.7 Å². The van der Waals surface area contributed by atoms with Crippen LogP contribution in [0.3, 0.4) is 0 Å². The van der Waals surface area contributed by atoms with Crippen molar-refractivity contribution in [3.05, 3.63) is 23.3 Å². The molecule has 1 saturated heterocycles. The summed E-state index contributed by atoms with van der Waals surface area (Å²) in [5.41, 5.74) is 1.71. The van der Waals surface area contributed by atoms with E-state index in [1.165, 1.54) is 0 Å². The molecule has 0 aromatic carbocycles. The molecule has 9 heteroatoms. The van der Waals surface area contributed by atoms with Crippen molar-refractivity contribution in [2.45, 2.75) is 84.7 Å². The Labute approximate surface area is 196 Å².